The summed E-state index contributed by atoms with van der Waals surface area (Å²) in [6.07, 6.45) is 3.77. The second-order valence-electron chi connectivity index (χ2n) is 5.32. The van der Waals surface area contributed by atoms with Crippen LogP contribution in [0.5, 0.6) is 0 Å². The summed E-state index contributed by atoms with van der Waals surface area (Å²) in [5.74, 6) is 0.980. The largest absolute Gasteiger partial charge is 0.362 e. The fraction of sp³-hybridized carbons (Fsp3) is 0.917. The third-order valence-corrected chi connectivity index (χ3v) is 4.27. The van der Waals surface area contributed by atoms with Crippen LogP contribution in [0.15, 0.2) is 0 Å². The summed E-state index contributed by atoms with van der Waals surface area (Å²) in [6.45, 7) is 5.49. The number of Topliss-reactive ketones (excluding diaryl/α,β-unsaturated/α-hetero) is 1. The van der Waals surface area contributed by atoms with Gasteiger partial charge in [0, 0.05) is 25.4 Å². The summed E-state index contributed by atoms with van der Waals surface area (Å²) in [6, 6.07) is 0. The number of hydrogen-bond donors (Lipinski definition) is 0. The summed E-state index contributed by atoms with van der Waals surface area (Å²) in [5.41, 5.74) is -0.0742. The Balaban J connectivity index is 1.77. The first kappa shape index (κ1) is 9.79. The van der Waals surface area contributed by atoms with E-state index in [1.807, 2.05) is 0 Å². The highest BCUT2D eigenvalue weighted by molar-refractivity contribution is 5.86. The van der Waals surface area contributed by atoms with E-state index in [1.165, 1.54) is 13.0 Å². The predicted octanol–water partition coefficient (Wildman–Crippen LogP) is 1.22. The maximum atomic E-state index is 11.9. The molecule has 0 aromatic carbocycles. The molecule has 0 N–H and O–H groups in total. The fourth-order valence-electron chi connectivity index (χ4n) is 3.53. The normalized spacial score (nSPS) is 48.3. The summed E-state index contributed by atoms with van der Waals surface area (Å²) in [4.78, 5) is 14.3. The molecule has 0 aromatic heterocycles. The molecule has 4 atom stereocenters. The van der Waals surface area contributed by atoms with Crippen molar-refractivity contribution in [2.45, 2.75) is 44.3 Å². The average Bonchev–Trinajstić information content (AvgIpc) is 2.83. The Labute approximate surface area is 90.8 Å². The van der Waals surface area contributed by atoms with Crippen LogP contribution in [0, 0.1) is 5.92 Å². The van der Waals surface area contributed by atoms with E-state index in [4.69, 9.17) is 4.74 Å². The van der Waals surface area contributed by atoms with Gasteiger partial charge < -0.3 is 9.64 Å². The third kappa shape index (κ3) is 1.36. The molecule has 1 spiro atoms. The van der Waals surface area contributed by atoms with Gasteiger partial charge in [-0.1, -0.05) is 13.3 Å². The molecule has 3 aliphatic heterocycles. The molecule has 0 aromatic rings. The fourth-order valence-corrected chi connectivity index (χ4v) is 3.53. The van der Waals surface area contributed by atoms with Gasteiger partial charge in [-0.25, -0.2) is 0 Å². The molecule has 3 rings (SSSR count). The number of hydrogen-bond acceptors (Lipinski definition) is 3. The highest BCUT2D eigenvalue weighted by Crippen LogP contribution is 2.46. The van der Waals surface area contributed by atoms with Crippen LogP contribution >= 0.6 is 0 Å². The first-order valence-corrected chi connectivity index (χ1v) is 6.16. The standard InChI is InChI=1S/C12H19NO2/c1-2-3-11-10(14)6-12(15-11)8-13-5-4-9(12)7-13/h9,11H,2-8H2,1H3/t9-,11+,12-/m0/s1. The van der Waals surface area contributed by atoms with E-state index in [0.717, 1.165) is 25.9 Å². The van der Waals surface area contributed by atoms with Crippen molar-refractivity contribution in [2.24, 2.45) is 5.92 Å². The molecule has 0 radical (unpaired) electrons. The minimum absolute atomic E-state index is 0.0742. The zero-order valence-electron chi connectivity index (χ0n) is 9.37. The van der Waals surface area contributed by atoms with Crippen molar-refractivity contribution >= 4 is 5.78 Å². The monoisotopic (exact) mass is 209 g/mol. The van der Waals surface area contributed by atoms with Gasteiger partial charge in [0.1, 0.15) is 6.10 Å². The van der Waals surface area contributed by atoms with Gasteiger partial charge in [-0.15, -0.1) is 0 Å². The van der Waals surface area contributed by atoms with Crippen LogP contribution in [-0.2, 0) is 9.53 Å². The minimum atomic E-state index is -0.0875. The van der Waals surface area contributed by atoms with Crippen molar-refractivity contribution < 1.29 is 9.53 Å². The molecule has 3 saturated heterocycles. The number of piperidine rings is 1. The number of carbonyl (C=O) groups is 1. The average molecular weight is 209 g/mol. The van der Waals surface area contributed by atoms with Gasteiger partial charge in [-0.2, -0.15) is 0 Å². The molecule has 3 heterocycles. The van der Waals surface area contributed by atoms with E-state index in [-0.39, 0.29) is 11.7 Å². The van der Waals surface area contributed by atoms with E-state index in [9.17, 15) is 4.79 Å². The zero-order chi connectivity index (χ0) is 10.5. The number of ether oxygens (including phenoxy) is 1. The second-order valence-corrected chi connectivity index (χ2v) is 5.32. The maximum Gasteiger partial charge on any atom is 0.164 e. The number of nitrogens with zero attached hydrogens (tertiary/aromatic N) is 1. The Morgan fingerprint density at radius 3 is 3.07 bits per heavy atom. The first-order valence-electron chi connectivity index (χ1n) is 6.16. The summed E-state index contributed by atoms with van der Waals surface area (Å²) < 4.78 is 6.11. The zero-order valence-corrected chi connectivity index (χ0v) is 9.37. The number of ketones is 1. The van der Waals surface area contributed by atoms with Crippen molar-refractivity contribution in [2.75, 3.05) is 19.6 Å². The lowest BCUT2D eigenvalue weighted by Gasteiger charge is -2.32. The van der Waals surface area contributed by atoms with Crippen molar-refractivity contribution in [1.82, 2.24) is 4.90 Å². The van der Waals surface area contributed by atoms with E-state index >= 15 is 0 Å². The Hall–Kier alpha value is -0.410. The van der Waals surface area contributed by atoms with E-state index in [1.54, 1.807) is 0 Å². The van der Waals surface area contributed by atoms with Gasteiger partial charge in [0.2, 0.25) is 0 Å². The molecule has 3 aliphatic rings. The molecule has 3 fully saturated rings. The SMILES string of the molecule is CCC[C@H]1O[C@@]2(CC1=O)CN1CC[C@H]2C1. The molecule has 2 bridgehead atoms. The van der Waals surface area contributed by atoms with Crippen LogP contribution in [0.2, 0.25) is 0 Å². The van der Waals surface area contributed by atoms with Crippen LogP contribution in [0.25, 0.3) is 0 Å². The highest BCUT2D eigenvalue weighted by atomic mass is 16.5. The molecule has 84 valence electrons. The summed E-state index contributed by atoms with van der Waals surface area (Å²) in [5, 5.41) is 0. The minimum Gasteiger partial charge on any atom is -0.362 e. The van der Waals surface area contributed by atoms with Crippen LogP contribution in [0.1, 0.15) is 32.6 Å². The van der Waals surface area contributed by atoms with Gasteiger partial charge in [0.25, 0.3) is 0 Å². The molecule has 0 aliphatic carbocycles. The molecular weight excluding hydrogens is 190 g/mol. The molecule has 15 heavy (non-hydrogen) atoms. The van der Waals surface area contributed by atoms with E-state index < -0.39 is 0 Å². The maximum absolute atomic E-state index is 11.9. The van der Waals surface area contributed by atoms with Gasteiger partial charge in [0.05, 0.1) is 5.60 Å². The molecule has 1 unspecified atom stereocenters. The van der Waals surface area contributed by atoms with E-state index in [2.05, 4.69) is 11.8 Å². The summed E-state index contributed by atoms with van der Waals surface area (Å²) >= 11 is 0. The molecule has 3 nitrogen and oxygen atoms in total. The lowest BCUT2D eigenvalue weighted by atomic mass is 9.85. The van der Waals surface area contributed by atoms with Crippen LogP contribution in [0.4, 0.5) is 0 Å². The molecule has 0 amide bonds. The van der Waals surface area contributed by atoms with Crippen LogP contribution < -0.4 is 0 Å². The summed E-state index contributed by atoms with van der Waals surface area (Å²) in [7, 11) is 0. The molecule has 0 saturated carbocycles. The Morgan fingerprint density at radius 2 is 2.47 bits per heavy atom. The Kier molecular flexibility index (Phi) is 2.15. The van der Waals surface area contributed by atoms with Gasteiger partial charge in [-0.3, -0.25) is 4.79 Å². The highest BCUT2D eigenvalue weighted by Gasteiger charge is 2.57. The van der Waals surface area contributed by atoms with E-state index in [0.29, 0.717) is 18.1 Å². The number of carbonyl (C=O) groups excluding carboxylic acids is 1. The van der Waals surface area contributed by atoms with Crippen molar-refractivity contribution in [3.8, 4) is 0 Å². The predicted molar refractivity (Wildman–Crippen MR) is 56.7 cm³/mol. The van der Waals surface area contributed by atoms with Gasteiger partial charge in [-0.05, 0) is 19.4 Å². The van der Waals surface area contributed by atoms with Gasteiger partial charge in [0.15, 0.2) is 5.78 Å². The number of rotatable bonds is 2. The topological polar surface area (TPSA) is 29.5 Å². The van der Waals surface area contributed by atoms with Crippen molar-refractivity contribution in [3.05, 3.63) is 0 Å². The Morgan fingerprint density at radius 1 is 1.60 bits per heavy atom. The van der Waals surface area contributed by atoms with Crippen LogP contribution in [0.3, 0.4) is 0 Å². The number of fused-ring (bicyclic) bond motifs is 3. The third-order valence-electron chi connectivity index (χ3n) is 4.27. The van der Waals surface area contributed by atoms with Crippen LogP contribution in [-0.4, -0.2) is 42.0 Å². The van der Waals surface area contributed by atoms with Crippen molar-refractivity contribution in [1.29, 1.82) is 0 Å². The first-order chi connectivity index (χ1) is 7.23. The second kappa shape index (κ2) is 3.29. The Bertz CT molecular complexity index is 291. The van der Waals surface area contributed by atoms with Crippen molar-refractivity contribution in [3.63, 3.8) is 0 Å². The lowest BCUT2D eigenvalue weighted by Crippen LogP contribution is -2.42. The molecule has 3 heteroatoms. The molecular formula is C12H19NO2. The lowest BCUT2D eigenvalue weighted by molar-refractivity contribution is -0.124. The van der Waals surface area contributed by atoms with Gasteiger partial charge >= 0.3 is 0 Å². The quantitative estimate of drug-likeness (QED) is 0.685. The smallest absolute Gasteiger partial charge is 0.164 e.